The Morgan fingerprint density at radius 1 is 1.50 bits per heavy atom. The van der Waals surface area contributed by atoms with E-state index in [1.165, 1.54) is 0 Å². The summed E-state index contributed by atoms with van der Waals surface area (Å²) in [6.45, 7) is 0. The minimum atomic E-state index is -1.11. The Labute approximate surface area is 109 Å². The van der Waals surface area contributed by atoms with Gasteiger partial charge in [-0.15, -0.1) is 11.3 Å². The highest BCUT2D eigenvalue weighted by Crippen LogP contribution is 2.32. The first-order chi connectivity index (χ1) is 7.58. The molecule has 0 unspecified atom stereocenters. The Morgan fingerprint density at radius 3 is 2.81 bits per heavy atom. The third-order valence-electron chi connectivity index (χ3n) is 1.86. The number of halogens is 2. The molecule has 0 saturated carbocycles. The maximum Gasteiger partial charge on any atom is 0.356 e. The maximum atomic E-state index is 10.8. The zero-order valence-corrected chi connectivity index (χ0v) is 10.9. The minimum absolute atomic E-state index is 0.0957. The van der Waals surface area contributed by atoms with Crippen LogP contribution in [0.15, 0.2) is 28.7 Å². The molecule has 82 valence electrons. The maximum absolute atomic E-state index is 10.8. The molecule has 1 aromatic carbocycles. The van der Waals surface area contributed by atoms with Gasteiger partial charge >= 0.3 is 5.97 Å². The summed E-state index contributed by atoms with van der Waals surface area (Å²) in [7, 11) is 0. The number of carboxylic acids is 1. The molecule has 0 spiro atoms. The second-order valence-corrected chi connectivity index (χ2v) is 5.47. The van der Waals surface area contributed by atoms with Gasteiger partial charge in [0.2, 0.25) is 0 Å². The van der Waals surface area contributed by atoms with E-state index in [0.717, 1.165) is 21.4 Å². The predicted molar refractivity (Wildman–Crippen MR) is 67.2 cm³/mol. The third kappa shape index (κ3) is 2.26. The Balaban J connectivity index is 2.49. The summed E-state index contributed by atoms with van der Waals surface area (Å²) >= 11 is 10.3. The highest BCUT2D eigenvalue weighted by Gasteiger charge is 2.16. The number of thiazole rings is 1. The summed E-state index contributed by atoms with van der Waals surface area (Å²) in [5, 5.41) is 9.43. The lowest BCUT2D eigenvalue weighted by Gasteiger charge is -1.95. The molecule has 3 nitrogen and oxygen atoms in total. The van der Waals surface area contributed by atoms with Crippen molar-refractivity contribution in [3.63, 3.8) is 0 Å². The van der Waals surface area contributed by atoms with Crippen LogP contribution in [0.3, 0.4) is 0 Å². The Kier molecular flexibility index (Phi) is 3.28. The van der Waals surface area contributed by atoms with E-state index in [-0.39, 0.29) is 10.0 Å². The Hall–Kier alpha value is -0.910. The molecule has 1 N–H and O–H groups in total. The smallest absolute Gasteiger partial charge is 0.356 e. The molecule has 0 atom stereocenters. The molecule has 0 amide bonds. The normalized spacial score (nSPS) is 10.4. The fraction of sp³-hybridized carbons (Fsp3) is 0. The van der Waals surface area contributed by atoms with Crippen LogP contribution in [0.2, 0.25) is 4.34 Å². The highest BCUT2D eigenvalue weighted by atomic mass is 79.9. The summed E-state index contributed by atoms with van der Waals surface area (Å²) in [6.07, 6.45) is 0. The van der Waals surface area contributed by atoms with Crippen molar-refractivity contribution in [1.29, 1.82) is 0 Å². The van der Waals surface area contributed by atoms with Gasteiger partial charge in [0, 0.05) is 10.0 Å². The number of aromatic nitrogens is 1. The zero-order chi connectivity index (χ0) is 11.7. The number of carboxylic acid groups (broad SMARTS) is 1. The summed E-state index contributed by atoms with van der Waals surface area (Å²) in [6, 6.07) is 7.46. The lowest BCUT2D eigenvalue weighted by molar-refractivity contribution is 0.0691. The standard InChI is InChI=1S/C10H5BrClNO2S/c11-6-3-1-2-5(4-6)9-13-7(10(14)15)8(12)16-9/h1-4H,(H,14,15). The van der Waals surface area contributed by atoms with E-state index >= 15 is 0 Å². The van der Waals surface area contributed by atoms with Crippen LogP contribution in [0.1, 0.15) is 10.5 Å². The minimum Gasteiger partial charge on any atom is -0.476 e. The molecule has 0 aliphatic heterocycles. The van der Waals surface area contributed by atoms with Gasteiger partial charge in [0.1, 0.15) is 9.34 Å². The van der Waals surface area contributed by atoms with Gasteiger partial charge < -0.3 is 5.11 Å². The quantitative estimate of drug-likeness (QED) is 0.913. The van der Waals surface area contributed by atoms with Gasteiger partial charge in [0.05, 0.1) is 0 Å². The van der Waals surface area contributed by atoms with Crippen LogP contribution in [-0.4, -0.2) is 16.1 Å². The van der Waals surface area contributed by atoms with Crippen molar-refractivity contribution < 1.29 is 9.90 Å². The van der Waals surface area contributed by atoms with Crippen molar-refractivity contribution in [3.05, 3.63) is 38.8 Å². The molecule has 2 rings (SSSR count). The monoisotopic (exact) mass is 317 g/mol. The predicted octanol–water partition coefficient (Wildman–Crippen LogP) is 3.92. The van der Waals surface area contributed by atoms with Crippen molar-refractivity contribution in [2.75, 3.05) is 0 Å². The lowest BCUT2D eigenvalue weighted by atomic mass is 10.2. The molecule has 2 aromatic rings. The molecule has 1 aromatic heterocycles. The first-order valence-electron chi connectivity index (χ1n) is 4.23. The van der Waals surface area contributed by atoms with Crippen LogP contribution < -0.4 is 0 Å². The summed E-state index contributed by atoms with van der Waals surface area (Å²) in [4.78, 5) is 14.8. The van der Waals surface area contributed by atoms with E-state index < -0.39 is 5.97 Å². The first-order valence-corrected chi connectivity index (χ1v) is 6.22. The molecule has 1 heterocycles. The highest BCUT2D eigenvalue weighted by molar-refractivity contribution is 9.10. The molecular weight excluding hydrogens is 314 g/mol. The van der Waals surface area contributed by atoms with Gasteiger partial charge in [-0.3, -0.25) is 0 Å². The number of aromatic carboxylic acids is 1. The molecule has 0 bridgehead atoms. The number of carbonyl (C=O) groups is 1. The van der Waals surface area contributed by atoms with E-state index in [0.29, 0.717) is 5.01 Å². The second-order valence-electron chi connectivity index (χ2n) is 2.96. The van der Waals surface area contributed by atoms with Gasteiger partial charge in [-0.1, -0.05) is 39.7 Å². The SMILES string of the molecule is O=C(O)c1nc(-c2cccc(Br)c2)sc1Cl. The first kappa shape index (κ1) is 11.6. The fourth-order valence-corrected chi connectivity index (χ4v) is 2.70. The van der Waals surface area contributed by atoms with Gasteiger partial charge in [-0.05, 0) is 12.1 Å². The van der Waals surface area contributed by atoms with E-state index in [4.69, 9.17) is 16.7 Å². The van der Waals surface area contributed by atoms with Gasteiger partial charge in [-0.25, -0.2) is 9.78 Å². The number of hydrogen-bond donors (Lipinski definition) is 1. The third-order valence-corrected chi connectivity index (χ3v) is 3.66. The number of benzene rings is 1. The average Bonchev–Trinajstić information content (AvgIpc) is 2.60. The molecule has 0 saturated heterocycles. The topological polar surface area (TPSA) is 50.2 Å². The zero-order valence-electron chi connectivity index (χ0n) is 7.78. The van der Waals surface area contributed by atoms with Crippen LogP contribution in [0.5, 0.6) is 0 Å². The van der Waals surface area contributed by atoms with E-state index in [9.17, 15) is 4.79 Å². The van der Waals surface area contributed by atoms with Crippen molar-refractivity contribution in [3.8, 4) is 10.6 Å². The van der Waals surface area contributed by atoms with Crippen LogP contribution in [0, 0.1) is 0 Å². The van der Waals surface area contributed by atoms with Crippen LogP contribution in [-0.2, 0) is 0 Å². The molecule has 0 aliphatic rings. The Bertz CT molecular complexity index is 556. The van der Waals surface area contributed by atoms with Gasteiger partial charge in [0.25, 0.3) is 0 Å². The fourth-order valence-electron chi connectivity index (χ4n) is 1.18. The van der Waals surface area contributed by atoms with E-state index in [1.807, 2.05) is 24.3 Å². The van der Waals surface area contributed by atoms with Crippen molar-refractivity contribution in [2.45, 2.75) is 0 Å². The largest absolute Gasteiger partial charge is 0.476 e. The number of hydrogen-bond acceptors (Lipinski definition) is 3. The van der Waals surface area contributed by atoms with Crippen LogP contribution in [0.4, 0.5) is 0 Å². The Morgan fingerprint density at radius 2 is 2.25 bits per heavy atom. The van der Waals surface area contributed by atoms with Gasteiger partial charge in [0.15, 0.2) is 5.69 Å². The van der Waals surface area contributed by atoms with Crippen molar-refractivity contribution >= 4 is 44.8 Å². The molecular formula is C10H5BrClNO2S. The van der Waals surface area contributed by atoms with Crippen molar-refractivity contribution in [2.24, 2.45) is 0 Å². The van der Waals surface area contributed by atoms with Crippen molar-refractivity contribution in [1.82, 2.24) is 4.98 Å². The molecule has 0 fully saturated rings. The molecule has 0 aliphatic carbocycles. The van der Waals surface area contributed by atoms with Crippen LogP contribution >= 0.6 is 38.9 Å². The molecule has 0 radical (unpaired) electrons. The van der Waals surface area contributed by atoms with Gasteiger partial charge in [-0.2, -0.15) is 0 Å². The summed E-state index contributed by atoms with van der Waals surface area (Å²) in [5.41, 5.74) is 0.746. The lowest BCUT2D eigenvalue weighted by Crippen LogP contribution is -1.96. The number of nitrogens with zero attached hydrogens (tertiary/aromatic N) is 1. The molecule has 6 heteroatoms. The van der Waals surface area contributed by atoms with E-state index in [1.54, 1.807) is 0 Å². The molecule has 16 heavy (non-hydrogen) atoms. The average molecular weight is 319 g/mol. The summed E-state index contributed by atoms with van der Waals surface area (Å²) < 4.78 is 1.11. The summed E-state index contributed by atoms with van der Waals surface area (Å²) in [5.74, 6) is -1.11. The van der Waals surface area contributed by atoms with Crippen LogP contribution in [0.25, 0.3) is 10.6 Å². The van der Waals surface area contributed by atoms with E-state index in [2.05, 4.69) is 20.9 Å². The number of rotatable bonds is 2. The second kappa shape index (κ2) is 4.53.